The van der Waals surface area contributed by atoms with Crippen LogP contribution < -0.4 is 4.74 Å². The average molecular weight is 291 g/mol. The Morgan fingerprint density at radius 1 is 1.18 bits per heavy atom. The van der Waals surface area contributed by atoms with E-state index in [4.69, 9.17) is 4.74 Å². The number of nitrogens with one attached hydrogen (secondary N) is 1. The zero-order chi connectivity index (χ0) is 14.8. The van der Waals surface area contributed by atoms with Gasteiger partial charge in [-0.2, -0.15) is 0 Å². The van der Waals surface area contributed by atoms with Crippen LogP contribution in [-0.2, 0) is 12.8 Å². The second-order valence-corrected chi connectivity index (χ2v) is 5.51. The first-order valence-corrected chi connectivity index (χ1v) is 7.54. The molecule has 0 bridgehead atoms. The molecule has 1 aliphatic rings. The van der Waals surface area contributed by atoms with Gasteiger partial charge in [-0.15, -0.1) is 0 Å². The number of H-pyrrole nitrogens is 1. The molecule has 0 spiro atoms. The molecule has 4 rings (SSSR count). The molecular weight excluding hydrogens is 274 g/mol. The molecule has 1 N–H and O–H groups in total. The maximum Gasteiger partial charge on any atom is 0.122 e. The van der Waals surface area contributed by atoms with E-state index in [1.165, 1.54) is 11.1 Å². The van der Waals surface area contributed by atoms with E-state index in [1.807, 2.05) is 24.5 Å². The van der Waals surface area contributed by atoms with Crippen molar-refractivity contribution in [1.29, 1.82) is 0 Å². The smallest absolute Gasteiger partial charge is 0.122 e. The van der Waals surface area contributed by atoms with E-state index in [1.54, 1.807) is 6.33 Å². The van der Waals surface area contributed by atoms with E-state index >= 15 is 0 Å². The van der Waals surface area contributed by atoms with Gasteiger partial charge in [-0.25, -0.2) is 4.98 Å². The van der Waals surface area contributed by atoms with Crippen LogP contribution in [-0.4, -0.2) is 21.6 Å². The highest BCUT2D eigenvalue weighted by Crippen LogP contribution is 2.36. The lowest BCUT2D eigenvalue weighted by atomic mass is 9.87. The number of imidazole rings is 1. The van der Waals surface area contributed by atoms with Crippen LogP contribution in [0.25, 0.3) is 0 Å². The summed E-state index contributed by atoms with van der Waals surface area (Å²) in [5.41, 5.74) is 4.83. The molecule has 0 saturated heterocycles. The van der Waals surface area contributed by atoms with Crippen molar-refractivity contribution in [3.05, 3.63) is 77.6 Å². The van der Waals surface area contributed by atoms with Crippen molar-refractivity contribution in [2.75, 3.05) is 6.61 Å². The van der Waals surface area contributed by atoms with Gasteiger partial charge in [0, 0.05) is 48.1 Å². The summed E-state index contributed by atoms with van der Waals surface area (Å²) in [6.07, 6.45) is 7.30. The predicted octanol–water partition coefficient (Wildman–Crippen LogP) is 3.11. The van der Waals surface area contributed by atoms with Gasteiger partial charge in [0.2, 0.25) is 0 Å². The monoisotopic (exact) mass is 291 g/mol. The lowest BCUT2D eigenvalue weighted by molar-refractivity contribution is 0.357. The van der Waals surface area contributed by atoms with Gasteiger partial charge in [0.1, 0.15) is 5.75 Å². The van der Waals surface area contributed by atoms with E-state index in [0.717, 1.165) is 36.6 Å². The number of hydrogen-bond donors (Lipinski definition) is 1. The Morgan fingerprint density at radius 2 is 2.18 bits per heavy atom. The summed E-state index contributed by atoms with van der Waals surface area (Å²) in [6.45, 7) is 0.769. The summed E-state index contributed by atoms with van der Waals surface area (Å²) < 4.78 is 5.72. The van der Waals surface area contributed by atoms with E-state index in [0.29, 0.717) is 0 Å². The van der Waals surface area contributed by atoms with Crippen LogP contribution in [0.4, 0.5) is 0 Å². The number of benzene rings is 1. The zero-order valence-corrected chi connectivity index (χ0v) is 12.2. The summed E-state index contributed by atoms with van der Waals surface area (Å²) >= 11 is 0. The number of ether oxygens (including phenoxy) is 1. The van der Waals surface area contributed by atoms with Crippen molar-refractivity contribution in [1.82, 2.24) is 15.0 Å². The maximum atomic E-state index is 5.72. The quantitative estimate of drug-likeness (QED) is 0.803. The largest absolute Gasteiger partial charge is 0.493 e. The molecule has 3 aromatic rings. The van der Waals surface area contributed by atoms with Crippen molar-refractivity contribution in [2.45, 2.75) is 18.8 Å². The van der Waals surface area contributed by atoms with Gasteiger partial charge < -0.3 is 9.72 Å². The minimum atomic E-state index is 0.217. The molecule has 1 aliphatic heterocycles. The van der Waals surface area contributed by atoms with E-state index < -0.39 is 0 Å². The number of pyridine rings is 1. The SMILES string of the molecule is c1ccc(C[C@@H](c2cnc[nH]2)c2cccc3c2CCO3)nc1. The zero-order valence-electron chi connectivity index (χ0n) is 12.2. The van der Waals surface area contributed by atoms with Crippen molar-refractivity contribution in [3.8, 4) is 5.75 Å². The first kappa shape index (κ1) is 13.1. The molecule has 4 nitrogen and oxygen atoms in total. The summed E-state index contributed by atoms with van der Waals surface area (Å²) in [5.74, 6) is 1.23. The van der Waals surface area contributed by atoms with Crippen LogP contribution in [0.3, 0.4) is 0 Å². The Balaban J connectivity index is 1.77. The van der Waals surface area contributed by atoms with Gasteiger partial charge >= 0.3 is 0 Å². The van der Waals surface area contributed by atoms with Crippen molar-refractivity contribution in [2.24, 2.45) is 0 Å². The van der Waals surface area contributed by atoms with Gasteiger partial charge in [-0.3, -0.25) is 4.98 Å². The van der Waals surface area contributed by atoms with Gasteiger partial charge in [0.05, 0.1) is 12.9 Å². The minimum absolute atomic E-state index is 0.217. The number of rotatable bonds is 4. The van der Waals surface area contributed by atoms with Gasteiger partial charge in [-0.1, -0.05) is 18.2 Å². The second-order valence-electron chi connectivity index (χ2n) is 5.51. The molecule has 0 fully saturated rings. The number of hydrogen-bond acceptors (Lipinski definition) is 3. The van der Waals surface area contributed by atoms with E-state index in [9.17, 15) is 0 Å². The molecule has 3 heterocycles. The fourth-order valence-electron chi connectivity index (χ4n) is 3.15. The third-order valence-corrected chi connectivity index (χ3v) is 4.19. The minimum Gasteiger partial charge on any atom is -0.493 e. The fraction of sp³-hybridized carbons (Fsp3) is 0.222. The van der Waals surface area contributed by atoms with Crippen molar-refractivity contribution < 1.29 is 4.74 Å². The Hall–Kier alpha value is -2.62. The first-order chi connectivity index (χ1) is 10.9. The van der Waals surface area contributed by atoms with Crippen LogP contribution in [0.1, 0.15) is 28.4 Å². The number of aromatic amines is 1. The standard InChI is InChI=1S/C18H17N3O/c1-2-8-20-13(4-1)10-16(17-11-19-12-21-17)14-5-3-6-18-15(14)7-9-22-18/h1-6,8,11-12,16H,7,9-10H2,(H,19,21)/t16-/m1/s1. The highest BCUT2D eigenvalue weighted by atomic mass is 16.5. The van der Waals surface area contributed by atoms with Crippen LogP contribution in [0.15, 0.2) is 55.1 Å². The molecule has 0 unspecified atom stereocenters. The molecule has 2 aromatic heterocycles. The van der Waals surface area contributed by atoms with Crippen molar-refractivity contribution >= 4 is 0 Å². The summed E-state index contributed by atoms with van der Waals surface area (Å²) in [4.78, 5) is 11.9. The third-order valence-electron chi connectivity index (χ3n) is 4.19. The molecule has 0 amide bonds. The second kappa shape index (κ2) is 5.64. The topological polar surface area (TPSA) is 50.8 Å². The molecule has 22 heavy (non-hydrogen) atoms. The Bertz CT molecular complexity index is 753. The molecule has 0 saturated carbocycles. The Kier molecular flexibility index (Phi) is 3.35. The number of nitrogens with zero attached hydrogens (tertiary/aromatic N) is 2. The molecular formula is C18H17N3O. The van der Waals surface area contributed by atoms with Crippen LogP contribution >= 0.6 is 0 Å². The molecule has 110 valence electrons. The van der Waals surface area contributed by atoms with Crippen LogP contribution in [0, 0.1) is 0 Å². The average Bonchev–Trinajstić information content (AvgIpc) is 3.24. The molecule has 0 aliphatic carbocycles. The Morgan fingerprint density at radius 3 is 3.00 bits per heavy atom. The summed E-state index contributed by atoms with van der Waals surface area (Å²) in [6, 6.07) is 12.4. The van der Waals surface area contributed by atoms with E-state index in [-0.39, 0.29) is 5.92 Å². The maximum absolute atomic E-state index is 5.72. The van der Waals surface area contributed by atoms with Crippen LogP contribution in [0.2, 0.25) is 0 Å². The van der Waals surface area contributed by atoms with Crippen LogP contribution in [0.5, 0.6) is 5.75 Å². The lowest BCUT2D eigenvalue weighted by Crippen LogP contribution is -2.09. The summed E-state index contributed by atoms with van der Waals surface area (Å²) in [5, 5.41) is 0. The first-order valence-electron chi connectivity index (χ1n) is 7.54. The van der Waals surface area contributed by atoms with Gasteiger partial charge in [-0.05, 0) is 23.8 Å². The molecule has 4 heteroatoms. The Labute approximate surface area is 129 Å². The highest BCUT2D eigenvalue weighted by molar-refractivity contribution is 5.47. The molecule has 1 atom stereocenters. The highest BCUT2D eigenvalue weighted by Gasteiger charge is 2.24. The third kappa shape index (κ3) is 2.37. The summed E-state index contributed by atoms with van der Waals surface area (Å²) in [7, 11) is 0. The lowest BCUT2D eigenvalue weighted by Gasteiger charge is -2.18. The predicted molar refractivity (Wildman–Crippen MR) is 84.0 cm³/mol. The normalized spacial score (nSPS) is 14.4. The number of fused-ring (bicyclic) bond motifs is 1. The fourth-order valence-corrected chi connectivity index (χ4v) is 3.15. The molecule has 0 radical (unpaired) electrons. The molecule has 1 aromatic carbocycles. The number of aromatic nitrogens is 3. The van der Waals surface area contributed by atoms with E-state index in [2.05, 4.69) is 39.2 Å². The van der Waals surface area contributed by atoms with Gasteiger partial charge in [0.25, 0.3) is 0 Å². The van der Waals surface area contributed by atoms with Crippen molar-refractivity contribution in [3.63, 3.8) is 0 Å². The van der Waals surface area contributed by atoms with Gasteiger partial charge in [0.15, 0.2) is 0 Å².